The van der Waals surface area contributed by atoms with Gasteiger partial charge in [0.05, 0.1) is 24.8 Å². The number of benzene rings is 1. The molecule has 2 aromatic rings. The van der Waals surface area contributed by atoms with Gasteiger partial charge in [-0.05, 0) is 19.1 Å². The summed E-state index contributed by atoms with van der Waals surface area (Å²) in [6, 6.07) is 11.7. The number of para-hydroxylation sites is 1. The molecule has 0 bridgehead atoms. The fourth-order valence-electron chi connectivity index (χ4n) is 2.39. The number of nitrogens with one attached hydrogen (secondary N) is 1. The van der Waals surface area contributed by atoms with Gasteiger partial charge < -0.3 is 20.1 Å². The van der Waals surface area contributed by atoms with Crippen molar-refractivity contribution in [3.8, 4) is 11.8 Å². The van der Waals surface area contributed by atoms with E-state index in [0.29, 0.717) is 34.2 Å². The molecule has 25 heavy (non-hydrogen) atoms. The van der Waals surface area contributed by atoms with Crippen LogP contribution in [0.3, 0.4) is 0 Å². The highest BCUT2D eigenvalue weighted by Crippen LogP contribution is 2.30. The maximum atomic E-state index is 12.1. The summed E-state index contributed by atoms with van der Waals surface area (Å²) in [6.07, 6.45) is 0. The zero-order chi connectivity index (χ0) is 18.2. The number of carbonyl (C=O) groups excluding carboxylic acids is 1. The number of nitrogens with two attached hydrogens (primary N) is 1. The van der Waals surface area contributed by atoms with E-state index >= 15 is 0 Å². The van der Waals surface area contributed by atoms with Crippen molar-refractivity contribution < 1.29 is 19.2 Å². The van der Waals surface area contributed by atoms with Crippen LogP contribution < -0.4 is 15.4 Å². The first-order valence-corrected chi connectivity index (χ1v) is 8.86. The molecule has 2 rings (SSSR count). The maximum Gasteiger partial charge on any atom is 0.348 e. The Bertz CT molecular complexity index is 753. The Balaban J connectivity index is 2.02. The van der Waals surface area contributed by atoms with Gasteiger partial charge in [-0.1, -0.05) is 18.2 Å². The Morgan fingerprint density at radius 1 is 1.36 bits per heavy atom. The van der Waals surface area contributed by atoms with Crippen LogP contribution in [0.25, 0.3) is 0 Å². The van der Waals surface area contributed by atoms with Crippen LogP contribution in [0.4, 0.5) is 5.00 Å². The molecule has 1 aromatic heterocycles. The van der Waals surface area contributed by atoms with E-state index in [0.717, 1.165) is 28.5 Å². The maximum absolute atomic E-state index is 12.1. The normalized spacial score (nSPS) is 11.6. The van der Waals surface area contributed by atoms with Crippen molar-refractivity contribution in [3.05, 3.63) is 46.3 Å². The number of likely N-dealkylation sites (N-methyl/N-ethyl adjacent to an activating group) is 1. The number of esters is 1. The molecule has 1 aromatic carbocycles. The first-order chi connectivity index (χ1) is 12.1. The third-order valence-corrected chi connectivity index (χ3v) is 4.67. The van der Waals surface area contributed by atoms with Gasteiger partial charge in [0.2, 0.25) is 0 Å². The topological polar surface area (TPSA) is 89.8 Å². The highest BCUT2D eigenvalue weighted by Gasteiger charge is 2.25. The van der Waals surface area contributed by atoms with Gasteiger partial charge in [-0.2, -0.15) is 5.26 Å². The number of nitrogens with zero attached hydrogens (tertiary/aromatic N) is 1. The third kappa shape index (κ3) is 4.95. The summed E-state index contributed by atoms with van der Waals surface area (Å²) in [5.74, 6) is 0.393. The number of ether oxygens (including phenoxy) is 2. The summed E-state index contributed by atoms with van der Waals surface area (Å²) >= 11 is 1.11. The predicted molar refractivity (Wildman–Crippen MR) is 96.8 cm³/mol. The number of nitriles is 1. The van der Waals surface area contributed by atoms with E-state index in [1.807, 2.05) is 37.4 Å². The lowest BCUT2D eigenvalue weighted by Gasteiger charge is -2.15. The molecule has 0 saturated carbocycles. The van der Waals surface area contributed by atoms with Crippen molar-refractivity contribution in [2.24, 2.45) is 0 Å². The number of rotatable bonds is 8. The van der Waals surface area contributed by atoms with E-state index < -0.39 is 5.97 Å². The number of hydrogen-bond donors (Lipinski definition) is 2. The number of thiophene rings is 1. The summed E-state index contributed by atoms with van der Waals surface area (Å²) in [7, 11) is 1.98. The largest absolute Gasteiger partial charge is 0.488 e. The minimum Gasteiger partial charge on any atom is -0.488 e. The molecule has 0 aliphatic heterocycles. The Labute approximate surface area is 151 Å². The lowest BCUT2D eigenvalue weighted by Crippen LogP contribution is -3.08. The fourth-order valence-corrected chi connectivity index (χ4v) is 3.32. The van der Waals surface area contributed by atoms with E-state index in [2.05, 4.69) is 6.07 Å². The highest BCUT2D eigenvalue weighted by molar-refractivity contribution is 7.18. The lowest BCUT2D eigenvalue weighted by molar-refractivity contribution is -0.893. The second-order valence-electron chi connectivity index (χ2n) is 5.53. The number of carbonyl (C=O) groups is 1. The molecule has 0 amide bonds. The Kier molecular flexibility index (Phi) is 6.81. The van der Waals surface area contributed by atoms with Crippen LogP contribution in [0.15, 0.2) is 30.3 Å². The Hall–Kier alpha value is -2.56. The van der Waals surface area contributed by atoms with Gasteiger partial charge in [-0.15, -0.1) is 11.3 Å². The molecule has 0 fully saturated rings. The molecule has 0 aliphatic rings. The summed E-state index contributed by atoms with van der Waals surface area (Å²) in [6.45, 7) is 3.79. The molecular weight excluding hydrogens is 338 g/mol. The van der Waals surface area contributed by atoms with Crippen LogP contribution in [0, 0.1) is 11.3 Å². The first-order valence-electron chi connectivity index (χ1n) is 8.04. The Morgan fingerprint density at radius 2 is 2.08 bits per heavy atom. The molecule has 3 N–H and O–H groups in total. The van der Waals surface area contributed by atoms with Crippen molar-refractivity contribution in [3.63, 3.8) is 0 Å². The minimum atomic E-state index is -0.427. The standard InChI is InChI=1S/C18H21N3O3S/c1-3-23-18(22)16-15(14(11-19)17(20)25-16)12-21(2)9-10-24-13-7-5-4-6-8-13/h4-8H,3,9-10,12,20H2,1-2H3/p+1. The number of quaternary nitrogens is 1. The minimum absolute atomic E-state index is 0.283. The van der Waals surface area contributed by atoms with Gasteiger partial charge in [0.25, 0.3) is 0 Å². The van der Waals surface area contributed by atoms with Crippen LogP contribution in [-0.2, 0) is 11.3 Å². The van der Waals surface area contributed by atoms with Crippen LogP contribution in [0.1, 0.15) is 27.7 Å². The molecular formula is C18H22N3O3S+. The van der Waals surface area contributed by atoms with Crippen molar-refractivity contribution in [2.75, 3.05) is 32.5 Å². The van der Waals surface area contributed by atoms with Crippen molar-refractivity contribution in [1.29, 1.82) is 5.26 Å². The molecule has 7 heteroatoms. The number of hydrogen-bond acceptors (Lipinski definition) is 6. The monoisotopic (exact) mass is 360 g/mol. The molecule has 1 heterocycles. The fraction of sp³-hybridized carbons (Fsp3) is 0.333. The van der Waals surface area contributed by atoms with Gasteiger partial charge >= 0.3 is 5.97 Å². The smallest absolute Gasteiger partial charge is 0.348 e. The summed E-state index contributed by atoms with van der Waals surface area (Å²) < 4.78 is 10.8. The first kappa shape index (κ1) is 18.8. The van der Waals surface area contributed by atoms with E-state index in [9.17, 15) is 10.1 Å². The SMILES string of the molecule is CCOC(=O)c1sc(N)c(C#N)c1C[NH+](C)CCOc1ccccc1. The Morgan fingerprint density at radius 3 is 2.72 bits per heavy atom. The molecule has 6 nitrogen and oxygen atoms in total. The van der Waals surface area contributed by atoms with Crippen molar-refractivity contribution in [2.45, 2.75) is 13.5 Å². The lowest BCUT2D eigenvalue weighted by atomic mass is 10.1. The molecule has 1 atom stereocenters. The van der Waals surface area contributed by atoms with E-state index in [4.69, 9.17) is 15.2 Å². The van der Waals surface area contributed by atoms with Crippen molar-refractivity contribution >= 4 is 22.3 Å². The summed E-state index contributed by atoms with van der Waals surface area (Å²) in [5.41, 5.74) is 6.92. The molecule has 0 saturated heterocycles. The second-order valence-corrected chi connectivity index (χ2v) is 6.58. The van der Waals surface area contributed by atoms with E-state index in [1.165, 1.54) is 0 Å². The molecule has 1 unspecified atom stereocenters. The van der Waals surface area contributed by atoms with Crippen LogP contribution in [0.2, 0.25) is 0 Å². The van der Waals surface area contributed by atoms with Gasteiger partial charge in [-0.3, -0.25) is 0 Å². The van der Waals surface area contributed by atoms with Gasteiger partial charge in [0, 0.05) is 0 Å². The van der Waals surface area contributed by atoms with Gasteiger partial charge in [0.15, 0.2) is 0 Å². The second kappa shape index (κ2) is 9.06. The summed E-state index contributed by atoms with van der Waals surface area (Å²) in [4.78, 5) is 13.6. The number of nitrogen functional groups attached to an aromatic ring is 1. The van der Waals surface area contributed by atoms with E-state index in [1.54, 1.807) is 6.92 Å². The predicted octanol–water partition coefficient (Wildman–Crippen LogP) is 1.47. The van der Waals surface area contributed by atoms with Gasteiger partial charge in [-0.25, -0.2) is 4.79 Å². The summed E-state index contributed by atoms with van der Waals surface area (Å²) in [5, 5.41) is 9.71. The van der Waals surface area contributed by atoms with Crippen molar-refractivity contribution in [1.82, 2.24) is 0 Å². The third-order valence-electron chi connectivity index (χ3n) is 3.63. The average molecular weight is 360 g/mol. The molecule has 0 aliphatic carbocycles. The van der Waals surface area contributed by atoms with Crippen LogP contribution in [-0.4, -0.2) is 32.8 Å². The molecule has 132 valence electrons. The zero-order valence-corrected chi connectivity index (χ0v) is 15.2. The van der Waals surface area contributed by atoms with Crippen LogP contribution >= 0.6 is 11.3 Å². The molecule has 0 spiro atoms. The molecule has 0 radical (unpaired) electrons. The highest BCUT2D eigenvalue weighted by atomic mass is 32.1. The average Bonchev–Trinajstić information content (AvgIpc) is 2.91. The number of anilines is 1. The van der Waals surface area contributed by atoms with Gasteiger partial charge in [0.1, 0.15) is 41.4 Å². The van der Waals surface area contributed by atoms with Crippen LogP contribution in [0.5, 0.6) is 5.75 Å². The van der Waals surface area contributed by atoms with E-state index in [-0.39, 0.29) is 6.61 Å². The zero-order valence-electron chi connectivity index (χ0n) is 14.4. The quantitative estimate of drug-likeness (QED) is 0.696.